The molecule has 2 aliphatic rings. The highest BCUT2D eigenvalue weighted by Gasteiger charge is 2.37. The summed E-state index contributed by atoms with van der Waals surface area (Å²) in [5.74, 6) is -0.0553. The van der Waals surface area contributed by atoms with E-state index >= 15 is 0 Å². The third kappa shape index (κ3) is 3.67. The van der Waals surface area contributed by atoms with Crippen molar-refractivity contribution in [1.29, 1.82) is 0 Å². The summed E-state index contributed by atoms with van der Waals surface area (Å²) in [5, 5.41) is 4.00. The van der Waals surface area contributed by atoms with Gasteiger partial charge in [0.25, 0.3) is 0 Å². The highest BCUT2D eigenvalue weighted by atomic mass is 32.2. The number of benzene rings is 1. The zero-order valence-electron chi connectivity index (χ0n) is 15.4. The smallest absolute Gasteiger partial charge is 0.240 e. The Morgan fingerprint density at radius 1 is 1.38 bits per heavy atom. The molecule has 6 nitrogen and oxygen atoms in total. The van der Waals surface area contributed by atoms with Crippen LogP contribution in [-0.4, -0.2) is 39.1 Å². The van der Waals surface area contributed by atoms with Crippen molar-refractivity contribution in [2.75, 3.05) is 23.5 Å². The summed E-state index contributed by atoms with van der Waals surface area (Å²) in [5.41, 5.74) is 5.88. The van der Waals surface area contributed by atoms with Crippen molar-refractivity contribution in [2.24, 2.45) is 11.0 Å². The number of carbonyl (C=O) groups excluding carboxylic acids is 1. The molecule has 1 amide bonds. The van der Waals surface area contributed by atoms with Crippen molar-refractivity contribution in [3.05, 3.63) is 41.6 Å². The normalized spacial score (nSPS) is 25.0. The van der Waals surface area contributed by atoms with E-state index in [0.717, 1.165) is 5.70 Å². The molecule has 1 N–H and O–H groups in total. The van der Waals surface area contributed by atoms with E-state index in [4.69, 9.17) is 0 Å². The Morgan fingerprint density at radius 3 is 2.77 bits per heavy atom. The van der Waals surface area contributed by atoms with Crippen LogP contribution in [0.4, 0.5) is 5.69 Å². The Kier molecular flexibility index (Phi) is 4.92. The van der Waals surface area contributed by atoms with E-state index in [2.05, 4.69) is 41.4 Å². The molecule has 7 heteroatoms. The number of para-hydroxylation sites is 1. The average Bonchev–Trinajstić information content (AvgIpc) is 3.00. The second-order valence-corrected chi connectivity index (χ2v) is 9.77. The Balaban J connectivity index is 1.61. The first-order chi connectivity index (χ1) is 12.2. The topological polar surface area (TPSA) is 78.8 Å². The van der Waals surface area contributed by atoms with Crippen molar-refractivity contribution >= 4 is 27.6 Å². The molecule has 0 aliphatic carbocycles. The van der Waals surface area contributed by atoms with Gasteiger partial charge in [0.05, 0.1) is 11.5 Å². The molecular weight excluding hydrogens is 350 g/mol. The number of hydrazone groups is 1. The number of hydrogen-bond donors (Lipinski definition) is 1. The number of carbonyl (C=O) groups is 1. The summed E-state index contributed by atoms with van der Waals surface area (Å²) in [6.07, 6.45) is 4.24. The second kappa shape index (κ2) is 6.87. The number of nitrogens with zero attached hydrogens (tertiary/aromatic N) is 2. The van der Waals surface area contributed by atoms with E-state index in [1.165, 1.54) is 11.3 Å². The molecule has 26 heavy (non-hydrogen) atoms. The average molecular weight is 375 g/mol. The highest BCUT2D eigenvalue weighted by molar-refractivity contribution is 7.91. The lowest BCUT2D eigenvalue weighted by molar-refractivity contribution is -0.121. The van der Waals surface area contributed by atoms with Crippen LogP contribution in [0.1, 0.15) is 32.3 Å². The maximum Gasteiger partial charge on any atom is 0.240 e. The summed E-state index contributed by atoms with van der Waals surface area (Å²) in [4.78, 5) is 14.1. The standard InChI is InChI=1S/C19H25N3O3S/c1-19(2)15-6-4-5-7-16(15)22(3)17(19)8-10-20-21-18(23)12-14-9-11-26(24,25)13-14/h4-8,10,14H,9,11-13H2,1-3H3,(H,21,23)/b17-8-,20-10+. The molecule has 3 rings (SSSR count). The minimum atomic E-state index is -2.96. The molecule has 0 aromatic heterocycles. The molecule has 1 aromatic rings. The van der Waals surface area contributed by atoms with Crippen LogP contribution in [0.3, 0.4) is 0 Å². The Morgan fingerprint density at radius 2 is 2.12 bits per heavy atom. The molecule has 1 unspecified atom stereocenters. The van der Waals surface area contributed by atoms with Gasteiger partial charge in [-0.15, -0.1) is 0 Å². The van der Waals surface area contributed by atoms with E-state index in [1.807, 2.05) is 25.3 Å². The summed E-state index contributed by atoms with van der Waals surface area (Å²) >= 11 is 0. The van der Waals surface area contributed by atoms with Gasteiger partial charge in [0, 0.05) is 36.5 Å². The van der Waals surface area contributed by atoms with E-state index < -0.39 is 9.84 Å². The molecule has 0 spiro atoms. The summed E-state index contributed by atoms with van der Waals surface area (Å²) in [6.45, 7) is 4.32. The monoisotopic (exact) mass is 375 g/mol. The lowest BCUT2D eigenvalue weighted by Crippen LogP contribution is -2.23. The Bertz CT molecular complexity index is 872. The van der Waals surface area contributed by atoms with Gasteiger partial charge in [-0.2, -0.15) is 5.10 Å². The van der Waals surface area contributed by atoms with E-state index in [1.54, 1.807) is 6.21 Å². The summed E-state index contributed by atoms with van der Waals surface area (Å²) < 4.78 is 22.9. The molecule has 1 fully saturated rings. The molecule has 140 valence electrons. The van der Waals surface area contributed by atoms with Crippen molar-refractivity contribution < 1.29 is 13.2 Å². The van der Waals surface area contributed by atoms with Crippen LogP contribution in [0.5, 0.6) is 0 Å². The molecule has 0 radical (unpaired) electrons. The number of amides is 1. The molecular formula is C19H25N3O3S. The second-order valence-electron chi connectivity index (χ2n) is 7.54. The van der Waals surface area contributed by atoms with Crippen molar-refractivity contribution in [2.45, 2.75) is 32.1 Å². The molecule has 0 saturated carbocycles. The zero-order valence-corrected chi connectivity index (χ0v) is 16.2. The van der Waals surface area contributed by atoms with E-state index in [0.29, 0.717) is 6.42 Å². The number of likely N-dealkylation sites (N-methyl/N-ethyl adjacent to an activating group) is 1. The van der Waals surface area contributed by atoms with Crippen LogP contribution >= 0.6 is 0 Å². The number of anilines is 1. The SMILES string of the molecule is CN1/C(=C\C=N\NC(=O)CC2CCS(=O)(=O)C2)C(C)(C)c2ccccc21. The van der Waals surface area contributed by atoms with Gasteiger partial charge in [-0.3, -0.25) is 4.79 Å². The van der Waals surface area contributed by atoms with Gasteiger partial charge >= 0.3 is 0 Å². The lowest BCUT2D eigenvalue weighted by Gasteiger charge is -2.23. The van der Waals surface area contributed by atoms with Gasteiger partial charge in [-0.1, -0.05) is 32.0 Å². The van der Waals surface area contributed by atoms with Gasteiger partial charge in [0.15, 0.2) is 9.84 Å². The predicted molar refractivity (Wildman–Crippen MR) is 104 cm³/mol. The number of sulfone groups is 1. The molecule has 2 aliphatic heterocycles. The molecule has 0 bridgehead atoms. The van der Waals surface area contributed by atoms with Crippen LogP contribution in [0, 0.1) is 5.92 Å². The highest BCUT2D eigenvalue weighted by Crippen LogP contribution is 2.46. The molecule has 2 heterocycles. The number of allylic oxidation sites excluding steroid dienone is 2. The lowest BCUT2D eigenvalue weighted by atomic mass is 9.84. The molecule has 1 atom stereocenters. The van der Waals surface area contributed by atoms with Crippen LogP contribution < -0.4 is 10.3 Å². The number of fused-ring (bicyclic) bond motifs is 1. The molecule has 1 saturated heterocycles. The van der Waals surface area contributed by atoms with Gasteiger partial charge < -0.3 is 4.90 Å². The minimum Gasteiger partial charge on any atom is -0.347 e. The van der Waals surface area contributed by atoms with Crippen molar-refractivity contribution in [3.8, 4) is 0 Å². The molecule has 1 aromatic carbocycles. The van der Waals surface area contributed by atoms with Crippen LogP contribution in [-0.2, 0) is 20.0 Å². The predicted octanol–water partition coefficient (Wildman–Crippen LogP) is 2.22. The van der Waals surface area contributed by atoms with E-state index in [-0.39, 0.29) is 35.2 Å². The number of hydrogen-bond acceptors (Lipinski definition) is 5. The summed E-state index contributed by atoms with van der Waals surface area (Å²) in [7, 11) is -0.936. The first-order valence-electron chi connectivity index (χ1n) is 8.77. The third-order valence-electron chi connectivity index (χ3n) is 5.24. The maximum atomic E-state index is 11.9. The van der Waals surface area contributed by atoms with Gasteiger partial charge in [-0.05, 0) is 30.0 Å². The van der Waals surface area contributed by atoms with Gasteiger partial charge in [0.1, 0.15) is 0 Å². The quantitative estimate of drug-likeness (QED) is 0.646. The van der Waals surface area contributed by atoms with Gasteiger partial charge in [0.2, 0.25) is 5.91 Å². The maximum absolute atomic E-state index is 11.9. The Labute approximate surface area is 154 Å². The van der Waals surface area contributed by atoms with Crippen LogP contribution in [0.15, 0.2) is 41.1 Å². The summed E-state index contributed by atoms with van der Waals surface area (Å²) in [6, 6.07) is 8.27. The fourth-order valence-electron chi connectivity index (χ4n) is 3.86. The minimum absolute atomic E-state index is 0.0945. The fraction of sp³-hybridized carbons (Fsp3) is 0.474. The number of nitrogens with one attached hydrogen (secondary N) is 1. The van der Waals surface area contributed by atoms with E-state index in [9.17, 15) is 13.2 Å². The first-order valence-corrected chi connectivity index (χ1v) is 10.6. The van der Waals surface area contributed by atoms with Crippen LogP contribution in [0.25, 0.3) is 0 Å². The third-order valence-corrected chi connectivity index (χ3v) is 7.07. The zero-order chi connectivity index (χ0) is 18.9. The Hall–Kier alpha value is -2.15. The fourth-order valence-corrected chi connectivity index (χ4v) is 5.72. The largest absolute Gasteiger partial charge is 0.347 e. The van der Waals surface area contributed by atoms with Crippen LogP contribution in [0.2, 0.25) is 0 Å². The first kappa shape index (κ1) is 18.6. The van der Waals surface area contributed by atoms with Crippen molar-refractivity contribution in [1.82, 2.24) is 5.43 Å². The van der Waals surface area contributed by atoms with Crippen molar-refractivity contribution in [3.63, 3.8) is 0 Å². The van der Waals surface area contributed by atoms with Gasteiger partial charge in [-0.25, -0.2) is 13.8 Å². The number of rotatable bonds is 4.